The van der Waals surface area contributed by atoms with Gasteiger partial charge in [-0.1, -0.05) is 49.4 Å². The lowest BCUT2D eigenvalue weighted by Crippen LogP contribution is -2.32. The molecule has 0 fully saturated rings. The van der Waals surface area contributed by atoms with Crippen LogP contribution in [0.4, 0.5) is 13.2 Å². The minimum absolute atomic E-state index is 0.0668. The maximum absolute atomic E-state index is 12.9. The zero-order valence-electron chi connectivity index (χ0n) is 13.5. The summed E-state index contributed by atoms with van der Waals surface area (Å²) in [6.07, 6.45) is -4.45. The average Bonchev–Trinajstić information content (AvgIpc) is 2.54. The normalized spacial score (nSPS) is 12.4. The van der Waals surface area contributed by atoms with Gasteiger partial charge in [0.2, 0.25) is 10.0 Å². The van der Waals surface area contributed by atoms with Crippen molar-refractivity contribution in [2.24, 2.45) is 0 Å². The van der Waals surface area contributed by atoms with Crippen LogP contribution in [-0.2, 0) is 16.6 Å². The molecule has 0 aliphatic heterocycles. The minimum atomic E-state index is -4.97. The van der Waals surface area contributed by atoms with Gasteiger partial charge in [0.05, 0.1) is 0 Å². The fourth-order valence-electron chi connectivity index (χ4n) is 2.33. The molecule has 0 amide bonds. The molecule has 0 aliphatic carbocycles. The highest BCUT2D eigenvalue weighted by molar-refractivity contribution is 7.89. The van der Waals surface area contributed by atoms with Crippen molar-refractivity contribution in [3.05, 3.63) is 60.2 Å². The third kappa shape index (κ3) is 5.20. The molecular weight excluding hydrogens is 355 g/mol. The summed E-state index contributed by atoms with van der Waals surface area (Å²) in [5.41, 5.74) is 0.744. The van der Waals surface area contributed by atoms with Crippen molar-refractivity contribution in [3.8, 4) is 5.75 Å². The molecule has 0 atom stereocenters. The van der Waals surface area contributed by atoms with E-state index in [0.717, 1.165) is 22.0 Å². The van der Waals surface area contributed by atoms with Gasteiger partial charge < -0.3 is 4.74 Å². The van der Waals surface area contributed by atoms with E-state index in [1.54, 1.807) is 37.3 Å². The number of hydrogen-bond acceptors (Lipinski definition) is 3. The first-order valence-electron chi connectivity index (χ1n) is 7.63. The SMILES string of the molecule is CCCN(Cc1ccccc1)S(=O)(=O)c1ccccc1OC(F)(F)F. The highest BCUT2D eigenvalue weighted by atomic mass is 32.2. The van der Waals surface area contributed by atoms with Crippen molar-refractivity contribution in [2.45, 2.75) is 31.1 Å². The largest absolute Gasteiger partial charge is 0.573 e. The third-order valence-electron chi connectivity index (χ3n) is 3.37. The summed E-state index contributed by atoms with van der Waals surface area (Å²) in [5.74, 6) is -0.732. The Bertz CT molecular complexity index is 792. The molecule has 0 spiro atoms. The number of benzene rings is 2. The maximum atomic E-state index is 12.9. The molecule has 0 aromatic heterocycles. The summed E-state index contributed by atoms with van der Waals surface area (Å²) in [5, 5.41) is 0. The van der Waals surface area contributed by atoms with Crippen LogP contribution in [-0.4, -0.2) is 25.6 Å². The molecule has 0 saturated carbocycles. The van der Waals surface area contributed by atoms with Crippen LogP contribution in [0.5, 0.6) is 5.75 Å². The summed E-state index contributed by atoms with van der Waals surface area (Å²) in [6, 6.07) is 13.6. The molecule has 0 radical (unpaired) electrons. The number of halogens is 3. The predicted octanol–water partition coefficient (Wildman–Crippen LogP) is 4.19. The molecule has 0 unspecified atom stereocenters. The third-order valence-corrected chi connectivity index (χ3v) is 5.25. The first-order chi connectivity index (χ1) is 11.7. The van der Waals surface area contributed by atoms with Crippen molar-refractivity contribution in [3.63, 3.8) is 0 Å². The topological polar surface area (TPSA) is 46.6 Å². The van der Waals surface area contributed by atoms with E-state index >= 15 is 0 Å². The Morgan fingerprint density at radius 2 is 1.60 bits per heavy atom. The lowest BCUT2D eigenvalue weighted by Gasteiger charge is -2.23. The van der Waals surface area contributed by atoms with Gasteiger partial charge in [-0.25, -0.2) is 8.42 Å². The summed E-state index contributed by atoms with van der Waals surface area (Å²) in [4.78, 5) is -0.503. The summed E-state index contributed by atoms with van der Waals surface area (Å²) >= 11 is 0. The van der Waals surface area contributed by atoms with Crippen LogP contribution in [0.2, 0.25) is 0 Å². The first kappa shape index (κ1) is 19.3. The van der Waals surface area contributed by atoms with Gasteiger partial charge in [-0.3, -0.25) is 0 Å². The van der Waals surface area contributed by atoms with Gasteiger partial charge in [-0.15, -0.1) is 13.2 Å². The van der Waals surface area contributed by atoms with Gasteiger partial charge in [-0.2, -0.15) is 4.31 Å². The molecule has 0 bridgehead atoms. The van der Waals surface area contributed by atoms with Gasteiger partial charge in [0, 0.05) is 13.1 Å². The number of ether oxygens (including phenoxy) is 1. The van der Waals surface area contributed by atoms with E-state index < -0.39 is 27.0 Å². The number of nitrogens with zero attached hydrogens (tertiary/aromatic N) is 1. The molecule has 2 aromatic rings. The van der Waals surface area contributed by atoms with Crippen molar-refractivity contribution >= 4 is 10.0 Å². The van der Waals surface area contributed by atoms with Gasteiger partial charge >= 0.3 is 6.36 Å². The van der Waals surface area contributed by atoms with E-state index in [9.17, 15) is 21.6 Å². The highest BCUT2D eigenvalue weighted by Gasteiger charge is 2.35. The molecule has 136 valence electrons. The van der Waals surface area contributed by atoms with Crippen molar-refractivity contribution < 1.29 is 26.3 Å². The number of alkyl halides is 3. The van der Waals surface area contributed by atoms with Gasteiger partial charge in [0.25, 0.3) is 0 Å². The second-order valence-electron chi connectivity index (χ2n) is 5.32. The van der Waals surface area contributed by atoms with Crippen molar-refractivity contribution in [1.82, 2.24) is 4.31 Å². The van der Waals surface area contributed by atoms with Gasteiger partial charge in [-0.05, 0) is 24.1 Å². The van der Waals surface area contributed by atoms with Crippen LogP contribution >= 0.6 is 0 Å². The van der Waals surface area contributed by atoms with Crippen molar-refractivity contribution in [1.29, 1.82) is 0 Å². The fraction of sp³-hybridized carbons (Fsp3) is 0.294. The van der Waals surface area contributed by atoms with E-state index in [1.807, 2.05) is 0 Å². The van der Waals surface area contributed by atoms with Crippen LogP contribution < -0.4 is 4.74 Å². The zero-order chi connectivity index (χ0) is 18.5. The Morgan fingerprint density at radius 3 is 2.20 bits per heavy atom. The summed E-state index contributed by atoms with van der Waals surface area (Å²) < 4.78 is 68.6. The molecule has 8 heteroatoms. The van der Waals surface area contributed by atoms with E-state index in [0.29, 0.717) is 6.42 Å². The monoisotopic (exact) mass is 373 g/mol. The molecule has 0 N–H and O–H groups in total. The summed E-state index contributed by atoms with van der Waals surface area (Å²) in [6.45, 7) is 2.04. The van der Waals surface area contributed by atoms with Crippen LogP contribution in [0.1, 0.15) is 18.9 Å². The Hall–Kier alpha value is -2.06. The van der Waals surface area contributed by atoms with Crippen molar-refractivity contribution in [2.75, 3.05) is 6.54 Å². The smallest absolute Gasteiger partial charge is 0.404 e. The molecule has 4 nitrogen and oxygen atoms in total. The Kier molecular flexibility index (Phi) is 6.07. The van der Waals surface area contributed by atoms with Crippen LogP contribution in [0, 0.1) is 0 Å². The molecule has 0 aliphatic rings. The van der Waals surface area contributed by atoms with E-state index in [4.69, 9.17) is 0 Å². The lowest BCUT2D eigenvalue weighted by atomic mass is 10.2. The number of sulfonamides is 1. The van der Waals surface area contributed by atoms with Gasteiger partial charge in [0.1, 0.15) is 10.6 Å². The van der Waals surface area contributed by atoms with Gasteiger partial charge in [0.15, 0.2) is 0 Å². The summed E-state index contributed by atoms with van der Waals surface area (Å²) in [7, 11) is -4.16. The maximum Gasteiger partial charge on any atom is 0.573 e. The highest BCUT2D eigenvalue weighted by Crippen LogP contribution is 2.31. The lowest BCUT2D eigenvalue weighted by molar-refractivity contribution is -0.275. The molecule has 2 rings (SSSR count). The predicted molar refractivity (Wildman–Crippen MR) is 87.5 cm³/mol. The van der Waals surface area contributed by atoms with E-state index in [1.165, 1.54) is 12.1 Å². The van der Waals surface area contributed by atoms with E-state index in [2.05, 4.69) is 4.74 Å². The fourth-order valence-corrected chi connectivity index (χ4v) is 3.97. The second kappa shape index (κ2) is 7.88. The quantitative estimate of drug-likeness (QED) is 0.731. The molecule has 25 heavy (non-hydrogen) atoms. The standard InChI is InChI=1S/C17H18F3NO3S/c1-2-12-21(13-14-8-4-3-5-9-14)25(22,23)16-11-7-6-10-15(16)24-17(18,19)20/h3-11H,2,12-13H2,1H3. The second-order valence-corrected chi connectivity index (χ2v) is 7.23. The number of rotatable bonds is 7. The molecule has 0 saturated heterocycles. The number of hydrogen-bond donors (Lipinski definition) is 0. The van der Waals surface area contributed by atoms with Crippen LogP contribution in [0.15, 0.2) is 59.5 Å². The number of para-hydroxylation sites is 1. The Balaban J connectivity index is 2.40. The van der Waals surface area contributed by atoms with Crippen LogP contribution in [0.3, 0.4) is 0 Å². The van der Waals surface area contributed by atoms with E-state index in [-0.39, 0.29) is 13.1 Å². The Morgan fingerprint density at radius 1 is 1.00 bits per heavy atom. The van der Waals surface area contributed by atoms with Crippen LogP contribution in [0.25, 0.3) is 0 Å². The zero-order valence-corrected chi connectivity index (χ0v) is 14.3. The average molecular weight is 373 g/mol. The molecule has 0 heterocycles. The molecule has 2 aromatic carbocycles. The molecular formula is C17H18F3NO3S. The Labute approximate surface area is 144 Å². The first-order valence-corrected chi connectivity index (χ1v) is 9.07. The minimum Gasteiger partial charge on any atom is -0.404 e.